The van der Waals surface area contributed by atoms with Crippen LogP contribution in [-0.4, -0.2) is 0 Å². The zero-order chi connectivity index (χ0) is 9.00. The summed E-state index contributed by atoms with van der Waals surface area (Å²) in [6.45, 7) is 0. The Labute approximate surface area is 82.1 Å². The molecule has 0 saturated heterocycles. The molecule has 0 aliphatic carbocycles. The van der Waals surface area contributed by atoms with Gasteiger partial charge in [0.1, 0.15) is 0 Å². The van der Waals surface area contributed by atoms with Crippen molar-refractivity contribution < 1.29 is 82.7 Å². The zero-order valence-electron chi connectivity index (χ0n) is 4.43. The summed E-state index contributed by atoms with van der Waals surface area (Å²) in [5, 5.41) is 0. The van der Waals surface area contributed by atoms with Crippen LogP contribution in [0.15, 0.2) is 0 Å². The van der Waals surface area contributed by atoms with Crippen molar-refractivity contribution in [2.24, 2.45) is 0 Å². The molecule has 0 aromatic rings. The molecule has 0 N–H and O–H groups in total. The fourth-order valence-corrected chi connectivity index (χ4v) is 0. The van der Waals surface area contributed by atoms with E-state index in [9.17, 15) is 0 Å². The van der Waals surface area contributed by atoms with Gasteiger partial charge in [0.2, 0.25) is 0 Å². The van der Waals surface area contributed by atoms with Crippen LogP contribution < -0.4 is 15.3 Å². The molecule has 0 atom stereocenters. The first kappa shape index (κ1) is 18.0. The third-order valence-electron chi connectivity index (χ3n) is 0. The summed E-state index contributed by atoms with van der Waals surface area (Å²) in [4.78, 5) is 0. The summed E-state index contributed by atoms with van der Waals surface area (Å²) < 4.78 is 69.1. The standard InChI is InChI=1S/8O.2Re.W/q;;;;4*-1;;;+4. The molecule has 0 aromatic carbocycles. The molecule has 68 valence electrons. The van der Waals surface area contributed by atoms with Gasteiger partial charge in [-0.05, 0) is 0 Å². The van der Waals surface area contributed by atoms with E-state index in [2.05, 4.69) is 0 Å². The van der Waals surface area contributed by atoms with E-state index in [0.29, 0.717) is 0 Å². The van der Waals surface area contributed by atoms with Gasteiger partial charge in [0, 0.05) is 0 Å². The van der Waals surface area contributed by atoms with Gasteiger partial charge < -0.3 is 0 Å². The fraction of sp³-hybridized carbons (Fsp3) is 0. The monoisotopic (exact) mass is 686 g/mol. The minimum atomic E-state index is -6.11. The molecule has 0 aliphatic heterocycles. The van der Waals surface area contributed by atoms with Crippen LogP contribution in [0.3, 0.4) is 0 Å². The maximum Gasteiger partial charge on any atom is 4.00 e. The smallest absolute Gasteiger partial charge is 4.00 e. The van der Waals surface area contributed by atoms with Crippen molar-refractivity contribution >= 4 is 0 Å². The van der Waals surface area contributed by atoms with Gasteiger partial charge in [0.25, 0.3) is 0 Å². The van der Waals surface area contributed by atoms with Crippen LogP contribution >= 0.6 is 0 Å². The van der Waals surface area contributed by atoms with E-state index in [0.717, 1.165) is 0 Å². The molecule has 0 heterocycles. The Kier molecular flexibility index (Phi) is 10.7. The normalized spacial score (nSPS) is 10.5. The van der Waals surface area contributed by atoms with Crippen LogP contribution in [0.25, 0.3) is 0 Å². The number of hydrogen-bond acceptors (Lipinski definition) is 8. The van der Waals surface area contributed by atoms with Gasteiger partial charge in [-0.15, -0.1) is 0 Å². The van der Waals surface area contributed by atoms with Crippen molar-refractivity contribution in [2.75, 3.05) is 0 Å². The Balaban J connectivity index is -0.000000107. The van der Waals surface area contributed by atoms with Gasteiger partial charge in [-0.3, -0.25) is 0 Å². The Morgan fingerprint density at radius 1 is 0.636 bits per heavy atom. The second-order valence-electron chi connectivity index (χ2n) is 0.756. The van der Waals surface area contributed by atoms with Crippen molar-refractivity contribution in [1.29, 1.82) is 0 Å². The van der Waals surface area contributed by atoms with Gasteiger partial charge in [-0.1, -0.05) is 0 Å². The maximum absolute atomic E-state index is 8.64. The van der Waals surface area contributed by atoms with E-state index in [-0.39, 0.29) is 21.1 Å². The van der Waals surface area contributed by atoms with Crippen molar-refractivity contribution in [3.05, 3.63) is 0 Å². The predicted molar refractivity (Wildman–Crippen MR) is 2.75 cm³/mol. The number of rotatable bonds is 0. The molecular weight excluding hydrogens is 684 g/mol. The SMILES string of the molecule is [O]=[Re](=[O])([O-])[O-].[O]=[Re](=[O])([O-])[O-].[W+4]. The van der Waals surface area contributed by atoms with E-state index in [4.69, 9.17) is 29.2 Å². The molecule has 0 radical (unpaired) electrons. The second kappa shape index (κ2) is 6.56. The van der Waals surface area contributed by atoms with Gasteiger partial charge in [-0.2, -0.15) is 0 Å². The average Bonchev–Trinajstić information content (AvgIpc) is 1.12. The van der Waals surface area contributed by atoms with Crippen molar-refractivity contribution in [3.8, 4) is 0 Å². The first-order chi connectivity index (χ1) is 4.00. The molecule has 11 heavy (non-hydrogen) atoms. The van der Waals surface area contributed by atoms with E-state index in [1.54, 1.807) is 0 Å². The molecule has 0 aliphatic rings. The Bertz CT molecular complexity index is 208. The molecule has 0 spiro atoms. The third-order valence-corrected chi connectivity index (χ3v) is 0. The van der Waals surface area contributed by atoms with Gasteiger partial charge in [0.05, 0.1) is 0 Å². The van der Waals surface area contributed by atoms with E-state index in [1.165, 1.54) is 0 Å². The number of hydrogen-bond donors (Lipinski definition) is 0. The maximum atomic E-state index is 8.64. The first-order valence-corrected chi connectivity index (χ1v) is 10.1. The van der Waals surface area contributed by atoms with Crippen molar-refractivity contribution in [3.63, 3.8) is 0 Å². The minimum absolute atomic E-state index is 0. The zero-order valence-corrected chi connectivity index (χ0v) is 12.8. The summed E-state index contributed by atoms with van der Waals surface area (Å²) in [5.41, 5.74) is 0. The summed E-state index contributed by atoms with van der Waals surface area (Å²) in [6, 6.07) is 0. The van der Waals surface area contributed by atoms with Crippen LogP contribution in [0.2, 0.25) is 0 Å². The van der Waals surface area contributed by atoms with E-state index >= 15 is 0 Å². The van der Waals surface area contributed by atoms with Crippen LogP contribution in [0.4, 0.5) is 0 Å². The Hall–Kier alpha value is 1.05. The van der Waals surface area contributed by atoms with Crippen LogP contribution in [0, 0.1) is 0 Å². The molecular formula is O8Re2W. The summed E-state index contributed by atoms with van der Waals surface area (Å²) >= 11 is -12.2. The second-order valence-corrected chi connectivity index (χ2v) is 6.19. The van der Waals surface area contributed by atoms with Gasteiger partial charge in [-0.25, -0.2) is 0 Å². The average molecular weight is 684 g/mol. The first-order valence-electron chi connectivity index (χ1n) is 1.23. The fourth-order valence-electron chi connectivity index (χ4n) is 0. The van der Waals surface area contributed by atoms with Crippen LogP contribution in [0.5, 0.6) is 0 Å². The molecule has 0 bridgehead atoms. The van der Waals surface area contributed by atoms with Crippen molar-refractivity contribution in [2.45, 2.75) is 0 Å². The molecule has 0 rings (SSSR count). The van der Waals surface area contributed by atoms with Crippen molar-refractivity contribution in [1.82, 2.24) is 0 Å². The predicted octanol–water partition coefficient (Wildman–Crippen LogP) is -5.24. The summed E-state index contributed by atoms with van der Waals surface area (Å²) in [5.74, 6) is 0. The molecule has 0 amide bonds. The quantitative estimate of drug-likeness (QED) is 0.245. The summed E-state index contributed by atoms with van der Waals surface area (Å²) in [6.07, 6.45) is 0. The Morgan fingerprint density at radius 3 is 0.636 bits per heavy atom. The van der Waals surface area contributed by atoms with Gasteiger partial charge in [0.15, 0.2) is 0 Å². The van der Waals surface area contributed by atoms with Gasteiger partial charge >= 0.3 is 82.7 Å². The molecule has 0 aromatic heterocycles. The Morgan fingerprint density at radius 2 is 0.636 bits per heavy atom. The van der Waals surface area contributed by atoms with Crippen LogP contribution in [0.1, 0.15) is 0 Å². The molecule has 11 heteroatoms. The largest absolute Gasteiger partial charge is 4.00 e. The van der Waals surface area contributed by atoms with E-state index in [1.807, 2.05) is 0 Å². The molecule has 8 nitrogen and oxygen atoms in total. The van der Waals surface area contributed by atoms with Crippen LogP contribution in [-0.2, 0) is 67.3 Å². The third kappa shape index (κ3) is 817. The molecule has 0 saturated carbocycles. The summed E-state index contributed by atoms with van der Waals surface area (Å²) in [7, 11) is 0. The molecule has 0 unspecified atom stereocenters. The van der Waals surface area contributed by atoms with E-state index < -0.39 is 32.4 Å². The molecule has 0 fully saturated rings. The minimum Gasteiger partial charge on any atom is 4.00 e. The topological polar surface area (TPSA) is 161 Å².